The maximum atomic E-state index is 12.8. The van der Waals surface area contributed by atoms with Gasteiger partial charge in [-0.3, -0.25) is 4.79 Å². The molecule has 0 bridgehead atoms. The Balaban J connectivity index is 1.63. The fraction of sp³-hybridized carbons (Fsp3) is 0.300. The molecule has 1 aliphatic heterocycles. The summed E-state index contributed by atoms with van der Waals surface area (Å²) in [6.45, 7) is 0.474. The van der Waals surface area contributed by atoms with Crippen LogP contribution >= 0.6 is 15.9 Å². The van der Waals surface area contributed by atoms with Gasteiger partial charge in [0.25, 0.3) is 5.91 Å². The van der Waals surface area contributed by atoms with Crippen LogP contribution in [0.3, 0.4) is 0 Å². The lowest BCUT2D eigenvalue weighted by molar-refractivity contribution is -0.119. The molecule has 2 aromatic rings. The summed E-state index contributed by atoms with van der Waals surface area (Å²) >= 11 is 3.32. The molecule has 0 aromatic heterocycles. The number of carbonyl (C=O) groups is 2. The SMILES string of the molecule is O=C(COC(=O)c1cccc(S(=O)(=O)N2CCCCC2)c1)Nc1ccccc1Br. The zero-order chi connectivity index (χ0) is 20.9. The van der Waals surface area contributed by atoms with Crippen LogP contribution in [0.1, 0.15) is 29.6 Å². The molecule has 1 amide bonds. The van der Waals surface area contributed by atoms with Crippen molar-refractivity contribution in [1.29, 1.82) is 0 Å². The van der Waals surface area contributed by atoms with E-state index < -0.39 is 28.5 Å². The first-order chi connectivity index (χ1) is 13.9. The van der Waals surface area contributed by atoms with Crippen LogP contribution in [0.2, 0.25) is 0 Å². The monoisotopic (exact) mass is 480 g/mol. The van der Waals surface area contributed by atoms with Crippen LogP contribution in [0, 0.1) is 0 Å². The summed E-state index contributed by atoms with van der Waals surface area (Å²) < 4.78 is 32.7. The molecule has 29 heavy (non-hydrogen) atoms. The molecular formula is C20H21BrN2O5S. The van der Waals surface area contributed by atoms with Crippen LogP contribution < -0.4 is 5.32 Å². The van der Waals surface area contributed by atoms with Crippen molar-refractivity contribution in [2.75, 3.05) is 25.0 Å². The second-order valence-electron chi connectivity index (χ2n) is 6.60. The predicted octanol–water partition coefficient (Wildman–Crippen LogP) is 3.42. The average Bonchev–Trinajstić information content (AvgIpc) is 2.74. The first-order valence-corrected chi connectivity index (χ1v) is 11.4. The molecule has 0 atom stereocenters. The maximum absolute atomic E-state index is 12.8. The first kappa shape index (κ1) is 21.5. The van der Waals surface area contributed by atoms with E-state index in [1.54, 1.807) is 18.2 Å². The third kappa shape index (κ3) is 5.43. The Morgan fingerprint density at radius 1 is 1.03 bits per heavy atom. The topological polar surface area (TPSA) is 92.8 Å². The van der Waals surface area contributed by atoms with Gasteiger partial charge in [0.1, 0.15) is 0 Å². The van der Waals surface area contributed by atoms with Gasteiger partial charge in [0.15, 0.2) is 6.61 Å². The molecule has 1 saturated heterocycles. The van der Waals surface area contributed by atoms with Crippen molar-refractivity contribution in [1.82, 2.24) is 4.31 Å². The minimum Gasteiger partial charge on any atom is -0.452 e. The predicted molar refractivity (Wildman–Crippen MR) is 112 cm³/mol. The van der Waals surface area contributed by atoms with E-state index >= 15 is 0 Å². The number of para-hydroxylation sites is 1. The number of ether oxygens (including phenoxy) is 1. The number of rotatable bonds is 6. The maximum Gasteiger partial charge on any atom is 0.338 e. The number of benzene rings is 2. The van der Waals surface area contributed by atoms with E-state index in [1.165, 1.54) is 28.6 Å². The number of anilines is 1. The summed E-state index contributed by atoms with van der Waals surface area (Å²) in [5, 5.41) is 2.63. The highest BCUT2D eigenvalue weighted by Gasteiger charge is 2.26. The Morgan fingerprint density at radius 3 is 2.48 bits per heavy atom. The van der Waals surface area contributed by atoms with Gasteiger partial charge >= 0.3 is 5.97 Å². The molecule has 1 aliphatic rings. The number of hydrogen-bond donors (Lipinski definition) is 1. The molecule has 0 aliphatic carbocycles. The molecule has 1 heterocycles. The molecule has 0 radical (unpaired) electrons. The Morgan fingerprint density at radius 2 is 1.76 bits per heavy atom. The summed E-state index contributed by atoms with van der Waals surface area (Å²) in [5.41, 5.74) is 0.639. The van der Waals surface area contributed by atoms with E-state index in [1.807, 2.05) is 6.07 Å². The van der Waals surface area contributed by atoms with Gasteiger partial charge in [-0.1, -0.05) is 24.6 Å². The van der Waals surface area contributed by atoms with Crippen molar-refractivity contribution in [2.24, 2.45) is 0 Å². The number of nitrogens with zero attached hydrogens (tertiary/aromatic N) is 1. The van der Waals surface area contributed by atoms with Gasteiger partial charge in [-0.25, -0.2) is 13.2 Å². The van der Waals surface area contributed by atoms with E-state index in [4.69, 9.17) is 4.74 Å². The van der Waals surface area contributed by atoms with Gasteiger partial charge in [0.2, 0.25) is 10.0 Å². The zero-order valence-electron chi connectivity index (χ0n) is 15.6. The van der Waals surface area contributed by atoms with Crippen molar-refractivity contribution >= 4 is 43.5 Å². The van der Waals surface area contributed by atoms with Crippen molar-refractivity contribution in [2.45, 2.75) is 24.2 Å². The minimum atomic E-state index is -3.65. The quantitative estimate of drug-likeness (QED) is 0.639. The molecule has 7 nitrogen and oxygen atoms in total. The number of amides is 1. The third-order valence-electron chi connectivity index (χ3n) is 4.50. The molecule has 1 N–H and O–H groups in total. The molecule has 154 valence electrons. The van der Waals surface area contributed by atoms with E-state index in [0.717, 1.165) is 19.3 Å². The van der Waals surface area contributed by atoms with Crippen LogP contribution in [0.4, 0.5) is 5.69 Å². The molecule has 9 heteroatoms. The second kappa shape index (κ2) is 9.51. The number of esters is 1. The number of carbonyl (C=O) groups excluding carboxylic acids is 2. The number of piperidine rings is 1. The van der Waals surface area contributed by atoms with Crippen molar-refractivity contribution in [3.8, 4) is 0 Å². The summed E-state index contributed by atoms with van der Waals surface area (Å²) in [4.78, 5) is 24.4. The van der Waals surface area contributed by atoms with Gasteiger partial charge in [-0.2, -0.15) is 4.31 Å². The highest BCUT2D eigenvalue weighted by atomic mass is 79.9. The Labute approximate surface area is 178 Å². The van der Waals surface area contributed by atoms with E-state index in [2.05, 4.69) is 21.2 Å². The molecule has 0 spiro atoms. The summed E-state index contributed by atoms with van der Waals surface area (Å²) in [7, 11) is -3.65. The van der Waals surface area contributed by atoms with Crippen LogP contribution in [-0.4, -0.2) is 44.3 Å². The van der Waals surface area contributed by atoms with Gasteiger partial charge < -0.3 is 10.1 Å². The smallest absolute Gasteiger partial charge is 0.338 e. The Bertz CT molecular complexity index is 1000. The Kier molecular flexibility index (Phi) is 7.05. The molecule has 0 saturated carbocycles. The van der Waals surface area contributed by atoms with Crippen molar-refractivity contribution < 1.29 is 22.7 Å². The average molecular weight is 481 g/mol. The number of nitrogens with one attached hydrogen (secondary N) is 1. The van der Waals surface area contributed by atoms with Crippen molar-refractivity contribution in [3.05, 3.63) is 58.6 Å². The molecule has 1 fully saturated rings. The summed E-state index contributed by atoms with van der Waals surface area (Å²) in [6, 6.07) is 12.8. The molecule has 0 unspecified atom stereocenters. The van der Waals surface area contributed by atoms with Gasteiger partial charge in [0.05, 0.1) is 16.1 Å². The second-order valence-corrected chi connectivity index (χ2v) is 9.39. The zero-order valence-corrected chi connectivity index (χ0v) is 18.0. The van der Waals surface area contributed by atoms with Gasteiger partial charge in [-0.05, 0) is 59.1 Å². The summed E-state index contributed by atoms with van der Waals surface area (Å²) in [6.07, 6.45) is 2.67. The van der Waals surface area contributed by atoms with Crippen LogP contribution in [0.15, 0.2) is 57.9 Å². The van der Waals surface area contributed by atoms with E-state index in [9.17, 15) is 18.0 Å². The first-order valence-electron chi connectivity index (χ1n) is 9.19. The largest absolute Gasteiger partial charge is 0.452 e. The van der Waals surface area contributed by atoms with E-state index in [0.29, 0.717) is 23.2 Å². The lowest BCUT2D eigenvalue weighted by Gasteiger charge is -2.25. The standard InChI is InChI=1S/C20H21BrN2O5S/c21-17-9-2-3-10-18(17)22-19(24)14-28-20(25)15-7-6-8-16(13-15)29(26,27)23-11-4-1-5-12-23/h2-3,6-10,13H,1,4-5,11-12,14H2,(H,22,24). The number of sulfonamides is 1. The minimum absolute atomic E-state index is 0.0477. The van der Waals surface area contributed by atoms with Crippen LogP contribution in [-0.2, 0) is 19.6 Å². The van der Waals surface area contributed by atoms with Crippen LogP contribution in [0.25, 0.3) is 0 Å². The highest BCUT2D eigenvalue weighted by molar-refractivity contribution is 9.10. The van der Waals surface area contributed by atoms with Gasteiger partial charge in [-0.15, -0.1) is 0 Å². The fourth-order valence-electron chi connectivity index (χ4n) is 3.00. The lowest BCUT2D eigenvalue weighted by atomic mass is 10.2. The third-order valence-corrected chi connectivity index (χ3v) is 7.09. The van der Waals surface area contributed by atoms with E-state index in [-0.39, 0.29) is 10.5 Å². The molecular weight excluding hydrogens is 460 g/mol. The highest BCUT2D eigenvalue weighted by Crippen LogP contribution is 2.22. The lowest BCUT2D eigenvalue weighted by Crippen LogP contribution is -2.35. The number of hydrogen-bond acceptors (Lipinski definition) is 5. The number of halogens is 1. The Hall–Kier alpha value is -2.23. The van der Waals surface area contributed by atoms with Gasteiger partial charge in [0, 0.05) is 17.6 Å². The fourth-order valence-corrected chi connectivity index (χ4v) is 4.95. The summed E-state index contributed by atoms with van der Waals surface area (Å²) in [5.74, 6) is -1.26. The molecule has 3 rings (SSSR count). The van der Waals surface area contributed by atoms with Crippen molar-refractivity contribution in [3.63, 3.8) is 0 Å². The normalized spacial score (nSPS) is 14.9. The molecule has 2 aromatic carbocycles. The van der Waals surface area contributed by atoms with Crippen LogP contribution in [0.5, 0.6) is 0 Å².